The minimum Gasteiger partial charge on any atom is -0.305 e. The number of ketones is 1. The maximum absolute atomic E-state index is 12.2. The Bertz CT molecular complexity index is 398. The number of nitrogens with one attached hydrogen (secondary N) is 1. The summed E-state index contributed by atoms with van der Waals surface area (Å²) in [5.41, 5.74) is 2.16. The first-order valence-electron chi connectivity index (χ1n) is 6.62. The number of Topliss-reactive ketones (excluding diaryl/α,β-unsaturated/α-hetero) is 1. The molecular formula is C16H25NO. The molecule has 0 aliphatic carbocycles. The molecule has 100 valence electrons. The van der Waals surface area contributed by atoms with Gasteiger partial charge in [-0.05, 0) is 17.9 Å². The second-order valence-electron chi connectivity index (χ2n) is 6.23. The van der Waals surface area contributed by atoms with Crippen molar-refractivity contribution in [2.75, 3.05) is 0 Å². The van der Waals surface area contributed by atoms with Crippen LogP contribution in [0.25, 0.3) is 0 Å². The van der Waals surface area contributed by atoms with Gasteiger partial charge in [-0.1, -0.05) is 58.9 Å². The molecule has 0 aromatic heterocycles. The Kier molecular flexibility index (Phi) is 4.69. The van der Waals surface area contributed by atoms with Gasteiger partial charge >= 0.3 is 0 Å². The van der Waals surface area contributed by atoms with Crippen LogP contribution in [0, 0.1) is 0 Å². The Balaban J connectivity index is 2.82. The van der Waals surface area contributed by atoms with Gasteiger partial charge in [-0.25, -0.2) is 0 Å². The topological polar surface area (TPSA) is 29.1 Å². The Morgan fingerprint density at radius 1 is 1.06 bits per heavy atom. The predicted molar refractivity (Wildman–Crippen MR) is 77.2 cm³/mol. The Labute approximate surface area is 111 Å². The van der Waals surface area contributed by atoms with Crippen molar-refractivity contribution in [3.63, 3.8) is 0 Å². The van der Waals surface area contributed by atoms with E-state index in [9.17, 15) is 4.79 Å². The first-order valence-corrected chi connectivity index (χ1v) is 6.62. The molecule has 2 heteroatoms. The molecule has 1 unspecified atom stereocenters. The Morgan fingerprint density at radius 2 is 1.56 bits per heavy atom. The highest BCUT2D eigenvalue weighted by atomic mass is 16.1. The molecule has 18 heavy (non-hydrogen) atoms. The summed E-state index contributed by atoms with van der Waals surface area (Å²) in [6.45, 7) is 12.5. The lowest BCUT2D eigenvalue weighted by molar-refractivity contribution is 0.0946. The van der Waals surface area contributed by atoms with Crippen molar-refractivity contribution in [3.8, 4) is 0 Å². The molecule has 1 N–H and O–H groups in total. The number of hydrogen-bond donors (Lipinski definition) is 1. The van der Waals surface area contributed by atoms with Crippen molar-refractivity contribution in [3.05, 3.63) is 35.4 Å². The lowest BCUT2D eigenvalue weighted by Gasteiger charge is -2.20. The number of carbonyl (C=O) groups excluding carboxylic acids is 1. The van der Waals surface area contributed by atoms with Crippen LogP contribution >= 0.6 is 0 Å². The zero-order valence-corrected chi connectivity index (χ0v) is 12.4. The number of carbonyl (C=O) groups is 1. The SMILES string of the molecule is CC(C)NC(C)C(=O)c1ccc(C(C)(C)C)cc1. The van der Waals surface area contributed by atoms with E-state index in [1.165, 1.54) is 5.56 Å². The molecule has 2 nitrogen and oxygen atoms in total. The lowest BCUT2D eigenvalue weighted by atomic mass is 9.86. The minimum atomic E-state index is -0.134. The van der Waals surface area contributed by atoms with E-state index in [-0.39, 0.29) is 17.2 Å². The first kappa shape index (κ1) is 14.9. The van der Waals surface area contributed by atoms with E-state index in [0.717, 1.165) is 5.56 Å². The van der Waals surface area contributed by atoms with Crippen molar-refractivity contribution >= 4 is 5.78 Å². The smallest absolute Gasteiger partial charge is 0.179 e. The largest absolute Gasteiger partial charge is 0.305 e. The van der Waals surface area contributed by atoms with E-state index in [2.05, 4.69) is 38.2 Å². The van der Waals surface area contributed by atoms with E-state index < -0.39 is 0 Å². The first-order chi connectivity index (χ1) is 8.21. The van der Waals surface area contributed by atoms with Crippen LogP contribution in [0.1, 0.15) is 57.5 Å². The van der Waals surface area contributed by atoms with Crippen molar-refractivity contribution in [2.24, 2.45) is 0 Å². The second-order valence-corrected chi connectivity index (χ2v) is 6.23. The van der Waals surface area contributed by atoms with Crippen LogP contribution in [0.3, 0.4) is 0 Å². The summed E-state index contributed by atoms with van der Waals surface area (Å²) in [4.78, 5) is 12.2. The van der Waals surface area contributed by atoms with Crippen molar-refractivity contribution in [2.45, 2.75) is 59.0 Å². The van der Waals surface area contributed by atoms with Gasteiger partial charge in [0.25, 0.3) is 0 Å². The van der Waals surface area contributed by atoms with Gasteiger partial charge < -0.3 is 5.32 Å². The minimum absolute atomic E-state index is 0.128. The number of rotatable bonds is 4. The summed E-state index contributed by atoms with van der Waals surface area (Å²) in [5, 5.41) is 3.24. The molecule has 0 saturated heterocycles. The predicted octanol–water partition coefficient (Wildman–Crippen LogP) is 3.55. The van der Waals surface area contributed by atoms with Crippen molar-refractivity contribution in [1.82, 2.24) is 5.32 Å². The molecule has 1 aromatic carbocycles. The maximum Gasteiger partial charge on any atom is 0.179 e. The van der Waals surface area contributed by atoms with Crippen LogP contribution in [-0.2, 0) is 5.41 Å². The van der Waals surface area contributed by atoms with E-state index >= 15 is 0 Å². The summed E-state index contributed by atoms with van der Waals surface area (Å²) in [6, 6.07) is 8.15. The molecule has 0 amide bonds. The third-order valence-corrected chi connectivity index (χ3v) is 3.01. The molecule has 0 heterocycles. The molecule has 0 bridgehead atoms. The highest BCUT2D eigenvalue weighted by Gasteiger charge is 2.17. The summed E-state index contributed by atoms with van der Waals surface area (Å²) >= 11 is 0. The molecule has 0 spiro atoms. The van der Waals surface area contributed by atoms with E-state index in [0.29, 0.717) is 6.04 Å². The molecule has 1 rings (SSSR count). The molecule has 1 aromatic rings. The van der Waals surface area contributed by atoms with Gasteiger partial charge in [0, 0.05) is 11.6 Å². The van der Waals surface area contributed by atoms with E-state index in [1.807, 2.05) is 32.9 Å². The zero-order chi connectivity index (χ0) is 13.9. The van der Waals surface area contributed by atoms with Crippen LogP contribution in [0.2, 0.25) is 0 Å². The second kappa shape index (κ2) is 5.66. The molecule has 0 radical (unpaired) electrons. The molecule has 1 atom stereocenters. The third-order valence-electron chi connectivity index (χ3n) is 3.01. The monoisotopic (exact) mass is 247 g/mol. The normalized spacial score (nSPS) is 13.7. The summed E-state index contributed by atoms with van der Waals surface area (Å²) in [5.74, 6) is 0.157. The maximum atomic E-state index is 12.2. The Morgan fingerprint density at radius 3 is 1.94 bits per heavy atom. The quantitative estimate of drug-likeness (QED) is 0.824. The highest BCUT2D eigenvalue weighted by molar-refractivity contribution is 5.99. The fourth-order valence-corrected chi connectivity index (χ4v) is 1.96. The fraction of sp³-hybridized carbons (Fsp3) is 0.562. The van der Waals surface area contributed by atoms with E-state index in [4.69, 9.17) is 0 Å². The molecule has 0 saturated carbocycles. The summed E-state index contributed by atoms with van der Waals surface area (Å²) in [7, 11) is 0. The average molecular weight is 247 g/mol. The van der Waals surface area contributed by atoms with Crippen LogP contribution in [0.15, 0.2) is 24.3 Å². The van der Waals surface area contributed by atoms with E-state index in [1.54, 1.807) is 0 Å². The van der Waals surface area contributed by atoms with Crippen LogP contribution in [0.4, 0.5) is 0 Å². The molecule has 0 aliphatic rings. The van der Waals surface area contributed by atoms with Crippen LogP contribution in [-0.4, -0.2) is 17.9 Å². The van der Waals surface area contributed by atoms with Gasteiger partial charge in [-0.2, -0.15) is 0 Å². The van der Waals surface area contributed by atoms with Gasteiger partial charge in [-0.3, -0.25) is 4.79 Å². The average Bonchev–Trinajstić information content (AvgIpc) is 2.26. The molecule has 0 aliphatic heterocycles. The van der Waals surface area contributed by atoms with Gasteiger partial charge in [0.05, 0.1) is 6.04 Å². The van der Waals surface area contributed by atoms with Gasteiger partial charge in [-0.15, -0.1) is 0 Å². The van der Waals surface area contributed by atoms with Gasteiger partial charge in [0.15, 0.2) is 5.78 Å². The third kappa shape index (κ3) is 3.95. The highest BCUT2D eigenvalue weighted by Crippen LogP contribution is 2.22. The number of hydrogen-bond acceptors (Lipinski definition) is 2. The van der Waals surface area contributed by atoms with Crippen LogP contribution in [0.5, 0.6) is 0 Å². The van der Waals surface area contributed by atoms with Crippen LogP contribution < -0.4 is 5.32 Å². The Hall–Kier alpha value is -1.15. The number of benzene rings is 1. The summed E-state index contributed by atoms with van der Waals surface area (Å²) < 4.78 is 0. The molecule has 0 fully saturated rings. The van der Waals surface area contributed by atoms with Crippen molar-refractivity contribution in [1.29, 1.82) is 0 Å². The summed E-state index contributed by atoms with van der Waals surface area (Å²) in [6.07, 6.45) is 0. The standard InChI is InChI=1S/C16H25NO/c1-11(2)17-12(3)15(18)13-7-9-14(10-8-13)16(4,5)6/h7-12,17H,1-6H3. The zero-order valence-electron chi connectivity index (χ0n) is 12.4. The molecular weight excluding hydrogens is 222 g/mol. The fourth-order valence-electron chi connectivity index (χ4n) is 1.96. The van der Waals surface area contributed by atoms with Crippen molar-refractivity contribution < 1.29 is 4.79 Å². The van der Waals surface area contributed by atoms with Gasteiger partial charge in [0.2, 0.25) is 0 Å². The van der Waals surface area contributed by atoms with Gasteiger partial charge in [0.1, 0.15) is 0 Å². The lowest BCUT2D eigenvalue weighted by Crippen LogP contribution is -2.38.